The molecule has 2 aromatic heterocycles. The second-order valence-corrected chi connectivity index (χ2v) is 10.7. The van der Waals surface area contributed by atoms with Gasteiger partial charge in [0.25, 0.3) is 0 Å². The number of nitrogens with zero attached hydrogens (tertiary/aromatic N) is 4. The smallest absolute Gasteiger partial charge is 0.203 e. The number of methoxy groups -OCH3 is 1. The van der Waals surface area contributed by atoms with E-state index in [1.807, 2.05) is 30.3 Å². The summed E-state index contributed by atoms with van der Waals surface area (Å²) in [6.07, 6.45) is 2.48. The van der Waals surface area contributed by atoms with E-state index in [-0.39, 0.29) is 9.96 Å². The Bertz CT molecular complexity index is 1300. The molecule has 2 aromatic carbocycles. The van der Waals surface area contributed by atoms with Gasteiger partial charge in [-0.2, -0.15) is 0 Å². The highest BCUT2D eigenvalue weighted by Crippen LogP contribution is 2.38. The Kier molecular flexibility index (Phi) is 5.50. The fourth-order valence-electron chi connectivity index (χ4n) is 2.68. The number of sulfone groups is 1. The van der Waals surface area contributed by atoms with E-state index in [0.717, 1.165) is 23.3 Å². The third kappa shape index (κ3) is 4.04. The average molecular weight is 461 g/mol. The molecule has 30 heavy (non-hydrogen) atoms. The number of aromatic hydroxyl groups is 1. The Morgan fingerprint density at radius 2 is 1.90 bits per heavy atom. The van der Waals surface area contributed by atoms with E-state index in [0.29, 0.717) is 26.6 Å². The van der Waals surface area contributed by atoms with Crippen LogP contribution in [-0.2, 0) is 9.84 Å². The Hall–Kier alpha value is -2.89. The molecule has 8 nitrogen and oxygen atoms in total. The molecule has 0 spiro atoms. The summed E-state index contributed by atoms with van der Waals surface area (Å²) in [5.74, 6) is 1.02. The van der Waals surface area contributed by atoms with Gasteiger partial charge in [-0.05, 0) is 42.1 Å². The monoisotopic (exact) mass is 460 g/mol. The highest BCUT2D eigenvalue weighted by molar-refractivity contribution is 8.01. The lowest BCUT2D eigenvalue weighted by Gasteiger charge is -2.11. The Balaban J connectivity index is 1.84. The third-order valence-corrected chi connectivity index (χ3v) is 7.91. The summed E-state index contributed by atoms with van der Waals surface area (Å²) in [6.45, 7) is 0. The van der Waals surface area contributed by atoms with E-state index < -0.39 is 9.84 Å². The molecule has 0 amide bonds. The van der Waals surface area contributed by atoms with Crippen molar-refractivity contribution in [2.45, 2.75) is 13.7 Å². The minimum atomic E-state index is -3.33. The van der Waals surface area contributed by atoms with Crippen LogP contribution in [0.1, 0.15) is 0 Å². The molecule has 0 aliphatic rings. The van der Waals surface area contributed by atoms with Crippen molar-refractivity contribution in [3.8, 4) is 28.6 Å². The highest BCUT2D eigenvalue weighted by atomic mass is 32.2. The first-order chi connectivity index (χ1) is 14.4. The number of hydrogen-bond donors (Lipinski definition) is 1. The van der Waals surface area contributed by atoms with Gasteiger partial charge in [0.05, 0.1) is 18.9 Å². The second-order valence-electron chi connectivity index (χ2n) is 6.18. The van der Waals surface area contributed by atoms with E-state index in [2.05, 4.69) is 15.2 Å². The van der Waals surface area contributed by atoms with E-state index in [1.54, 1.807) is 23.8 Å². The van der Waals surface area contributed by atoms with Gasteiger partial charge in [-0.1, -0.05) is 29.5 Å². The number of aromatic nitrogens is 4. The quantitative estimate of drug-likeness (QED) is 0.465. The van der Waals surface area contributed by atoms with Crippen LogP contribution in [0.2, 0.25) is 0 Å². The zero-order chi connectivity index (χ0) is 21.3. The second kappa shape index (κ2) is 8.09. The first kappa shape index (κ1) is 20.4. The molecule has 0 saturated heterocycles. The number of para-hydroxylation sites is 1. The molecule has 0 aliphatic carbocycles. The summed E-state index contributed by atoms with van der Waals surface area (Å²) in [6, 6.07) is 14.3. The van der Waals surface area contributed by atoms with Crippen LogP contribution in [0.4, 0.5) is 0 Å². The Morgan fingerprint density at radius 1 is 1.13 bits per heavy atom. The standard InChI is InChI=1S/C19H16N4O4S3/c1-27-13-8-9-15(24)14(10-13)17-21-22-18(23(17)12-6-4-3-5-7-12)29-19-20-11-16(28-19)30(2,25)26/h3-11,24H,1-2H3. The number of thiazole rings is 1. The fourth-order valence-corrected chi connectivity index (χ4v) is 5.60. The molecule has 0 saturated carbocycles. The highest BCUT2D eigenvalue weighted by Gasteiger charge is 2.21. The van der Waals surface area contributed by atoms with Crippen LogP contribution >= 0.6 is 23.1 Å². The predicted molar refractivity (Wildman–Crippen MR) is 114 cm³/mol. The van der Waals surface area contributed by atoms with Crippen LogP contribution in [0, 0.1) is 0 Å². The van der Waals surface area contributed by atoms with Crippen molar-refractivity contribution in [3.05, 3.63) is 54.7 Å². The van der Waals surface area contributed by atoms with Crippen molar-refractivity contribution in [3.63, 3.8) is 0 Å². The molecule has 0 unspecified atom stereocenters. The fraction of sp³-hybridized carbons (Fsp3) is 0.105. The van der Waals surface area contributed by atoms with Crippen LogP contribution in [0.5, 0.6) is 11.5 Å². The molecule has 2 heterocycles. The maximum atomic E-state index is 11.8. The lowest BCUT2D eigenvalue weighted by Crippen LogP contribution is -1.99. The molecular weight excluding hydrogens is 444 g/mol. The lowest BCUT2D eigenvalue weighted by atomic mass is 10.1. The van der Waals surface area contributed by atoms with Crippen LogP contribution in [0.25, 0.3) is 17.1 Å². The van der Waals surface area contributed by atoms with Gasteiger partial charge in [0, 0.05) is 11.9 Å². The Morgan fingerprint density at radius 3 is 2.57 bits per heavy atom. The first-order valence-corrected chi connectivity index (χ1v) is 12.1. The normalized spacial score (nSPS) is 11.5. The van der Waals surface area contributed by atoms with Gasteiger partial charge in [-0.15, -0.1) is 10.2 Å². The van der Waals surface area contributed by atoms with Gasteiger partial charge in [0.1, 0.15) is 15.7 Å². The molecule has 11 heteroatoms. The minimum absolute atomic E-state index is 0.0329. The molecule has 1 N–H and O–H groups in total. The van der Waals surface area contributed by atoms with Crippen LogP contribution < -0.4 is 4.74 Å². The predicted octanol–water partition coefficient (Wildman–Crippen LogP) is 3.66. The molecule has 0 radical (unpaired) electrons. The first-order valence-electron chi connectivity index (χ1n) is 8.59. The van der Waals surface area contributed by atoms with Crippen molar-refractivity contribution in [1.29, 1.82) is 0 Å². The Labute approximate surface area is 181 Å². The van der Waals surface area contributed by atoms with E-state index in [9.17, 15) is 13.5 Å². The molecule has 154 valence electrons. The van der Waals surface area contributed by atoms with Crippen molar-refractivity contribution in [2.75, 3.05) is 13.4 Å². The summed E-state index contributed by atoms with van der Waals surface area (Å²) in [5.41, 5.74) is 1.23. The lowest BCUT2D eigenvalue weighted by molar-refractivity contribution is 0.412. The topological polar surface area (TPSA) is 107 Å². The number of benzene rings is 2. The number of ether oxygens (including phenoxy) is 1. The zero-order valence-corrected chi connectivity index (χ0v) is 18.3. The molecule has 4 aromatic rings. The molecular formula is C19H16N4O4S3. The maximum absolute atomic E-state index is 11.8. The summed E-state index contributed by atoms with van der Waals surface area (Å²) in [4.78, 5) is 4.19. The minimum Gasteiger partial charge on any atom is -0.507 e. The number of phenolic OH excluding ortho intramolecular Hbond substituents is 1. The van der Waals surface area contributed by atoms with Gasteiger partial charge < -0.3 is 9.84 Å². The van der Waals surface area contributed by atoms with E-state index >= 15 is 0 Å². The van der Waals surface area contributed by atoms with E-state index in [1.165, 1.54) is 24.0 Å². The van der Waals surface area contributed by atoms with Gasteiger partial charge in [0.2, 0.25) is 5.16 Å². The molecule has 4 rings (SSSR count). The van der Waals surface area contributed by atoms with Crippen molar-refractivity contribution in [2.24, 2.45) is 0 Å². The molecule has 0 atom stereocenters. The number of rotatable bonds is 6. The zero-order valence-electron chi connectivity index (χ0n) is 15.9. The van der Waals surface area contributed by atoms with Gasteiger partial charge in [0.15, 0.2) is 20.0 Å². The number of phenols is 1. The van der Waals surface area contributed by atoms with Gasteiger partial charge >= 0.3 is 0 Å². The SMILES string of the molecule is COc1ccc(O)c(-c2nnc(Sc3ncc(S(C)(=O)=O)s3)n2-c2ccccc2)c1. The average Bonchev–Trinajstić information content (AvgIpc) is 3.37. The van der Waals surface area contributed by atoms with Crippen molar-refractivity contribution >= 4 is 32.9 Å². The van der Waals surface area contributed by atoms with E-state index in [4.69, 9.17) is 4.74 Å². The molecule has 0 aliphatic heterocycles. The third-order valence-electron chi connectivity index (χ3n) is 4.10. The van der Waals surface area contributed by atoms with Gasteiger partial charge in [-0.25, -0.2) is 13.4 Å². The van der Waals surface area contributed by atoms with Crippen LogP contribution in [0.3, 0.4) is 0 Å². The summed E-state index contributed by atoms with van der Waals surface area (Å²) in [5, 5.41) is 19.5. The van der Waals surface area contributed by atoms with Crippen LogP contribution in [0.15, 0.2) is 68.4 Å². The largest absolute Gasteiger partial charge is 0.507 e. The van der Waals surface area contributed by atoms with Crippen LogP contribution in [-0.4, -0.2) is 46.6 Å². The summed E-state index contributed by atoms with van der Waals surface area (Å²) < 4.78 is 31.3. The summed E-state index contributed by atoms with van der Waals surface area (Å²) in [7, 11) is -1.79. The van der Waals surface area contributed by atoms with Crippen molar-refractivity contribution < 1.29 is 18.3 Å². The van der Waals surface area contributed by atoms with Gasteiger partial charge in [-0.3, -0.25) is 4.57 Å². The summed E-state index contributed by atoms with van der Waals surface area (Å²) >= 11 is 2.26. The van der Waals surface area contributed by atoms with Crippen molar-refractivity contribution in [1.82, 2.24) is 19.7 Å². The molecule has 0 fully saturated rings. The number of hydrogen-bond acceptors (Lipinski definition) is 9. The maximum Gasteiger partial charge on any atom is 0.203 e. The molecule has 0 bridgehead atoms.